The first-order valence-corrected chi connectivity index (χ1v) is 9.96. The van der Waals surface area contributed by atoms with E-state index in [1.807, 2.05) is 5.38 Å². The van der Waals surface area contributed by atoms with Crippen LogP contribution in [0.4, 0.5) is 0 Å². The third-order valence-electron chi connectivity index (χ3n) is 4.63. The van der Waals surface area contributed by atoms with Crippen molar-refractivity contribution in [2.24, 2.45) is 20.7 Å². The predicted molar refractivity (Wildman–Crippen MR) is 105 cm³/mol. The van der Waals surface area contributed by atoms with E-state index in [0.717, 1.165) is 8.45 Å². The lowest BCUT2D eigenvalue weighted by Gasteiger charge is -2.32. The third kappa shape index (κ3) is 3.00. The maximum Gasteiger partial charge on any atom is 0.162 e. The Morgan fingerprint density at radius 2 is 2.23 bits per heavy atom. The number of amidine groups is 1. The number of thiophene rings is 1. The molecule has 1 aromatic rings. The van der Waals surface area contributed by atoms with Crippen molar-refractivity contribution in [2.75, 3.05) is 13.3 Å². The highest BCUT2D eigenvalue weighted by Crippen LogP contribution is 2.30. The summed E-state index contributed by atoms with van der Waals surface area (Å²) in [5, 5.41) is 31.6. The molecule has 4 rings (SSSR count). The molecule has 1 fully saturated rings. The van der Waals surface area contributed by atoms with E-state index < -0.39 is 30.2 Å². The number of nitrogens with zero attached hydrogens (tertiary/aromatic N) is 4. The molecule has 0 amide bonds. The van der Waals surface area contributed by atoms with Crippen molar-refractivity contribution in [1.82, 2.24) is 4.90 Å². The van der Waals surface area contributed by atoms with E-state index in [0.29, 0.717) is 18.0 Å². The normalized spacial score (nSPS) is 36.3. The Balaban J connectivity index is 1.57. The Hall–Kier alpha value is -0.960. The van der Waals surface area contributed by atoms with Crippen LogP contribution in [0.2, 0.25) is 0 Å². The maximum atomic E-state index is 10.3. The molecule has 4 heterocycles. The molecule has 11 heteroatoms. The average molecular weight is 491 g/mol. The van der Waals surface area contributed by atoms with Crippen LogP contribution in [-0.2, 0) is 11.2 Å². The molecule has 3 aliphatic heterocycles. The van der Waals surface area contributed by atoms with Gasteiger partial charge in [0.1, 0.15) is 37.0 Å². The van der Waals surface area contributed by atoms with Crippen molar-refractivity contribution >= 4 is 51.8 Å². The first-order chi connectivity index (χ1) is 12.4. The molecule has 1 saturated heterocycles. The summed E-state index contributed by atoms with van der Waals surface area (Å²) < 4.78 is 6.74. The summed E-state index contributed by atoms with van der Waals surface area (Å²) in [6.07, 6.45) is -2.20. The summed E-state index contributed by atoms with van der Waals surface area (Å²) in [5.74, 6) is 0.476. The van der Waals surface area contributed by atoms with Crippen LogP contribution in [-0.4, -0.2) is 81.6 Å². The molecule has 0 bridgehead atoms. The van der Waals surface area contributed by atoms with Crippen molar-refractivity contribution in [3.05, 3.63) is 19.9 Å². The van der Waals surface area contributed by atoms with Crippen molar-refractivity contribution in [1.29, 1.82) is 0 Å². The standard InChI is InChI=1S/C15H18IN5O4S/c16-7-1-8(26-4-7)2-15(17)12-13(18-5-20-15)21(6-19-12)14-11(24)10(23)9(3-22)25-14/h1,4-5,9-11,14,22-24H,2-3,6,17H2/t9-,10-,11-,14-,15?/m1/s1. The number of aliphatic imine (C=N–C) groups is 3. The van der Waals surface area contributed by atoms with Gasteiger partial charge in [0, 0.05) is 20.2 Å². The van der Waals surface area contributed by atoms with Crippen molar-refractivity contribution in [3.8, 4) is 0 Å². The smallest absolute Gasteiger partial charge is 0.162 e. The highest BCUT2D eigenvalue weighted by molar-refractivity contribution is 14.1. The second kappa shape index (κ2) is 6.89. The minimum Gasteiger partial charge on any atom is -0.394 e. The Morgan fingerprint density at radius 3 is 2.88 bits per heavy atom. The fraction of sp³-hybridized carbons (Fsp3) is 0.533. The van der Waals surface area contributed by atoms with E-state index in [4.69, 9.17) is 10.5 Å². The number of hydrogen-bond acceptors (Lipinski definition) is 10. The number of halogens is 1. The molecular weight excluding hydrogens is 473 g/mol. The van der Waals surface area contributed by atoms with Gasteiger partial charge in [-0.1, -0.05) is 0 Å². The minimum absolute atomic E-state index is 0.186. The molecule has 0 aliphatic carbocycles. The second-order valence-corrected chi connectivity index (χ2v) is 8.62. The van der Waals surface area contributed by atoms with Crippen LogP contribution in [0.25, 0.3) is 0 Å². The molecule has 0 radical (unpaired) electrons. The second-order valence-electron chi connectivity index (χ2n) is 6.38. The van der Waals surface area contributed by atoms with Gasteiger partial charge in [-0.25, -0.2) is 9.98 Å². The lowest BCUT2D eigenvalue weighted by Crippen LogP contribution is -2.56. The quantitative estimate of drug-likeness (QED) is 0.405. The van der Waals surface area contributed by atoms with E-state index in [9.17, 15) is 15.3 Å². The van der Waals surface area contributed by atoms with Gasteiger partial charge in [-0.15, -0.1) is 11.3 Å². The lowest BCUT2D eigenvalue weighted by molar-refractivity contribution is -0.0688. The van der Waals surface area contributed by atoms with Crippen molar-refractivity contribution in [2.45, 2.75) is 36.6 Å². The Bertz CT molecular complexity index is 799. The van der Waals surface area contributed by atoms with Gasteiger partial charge >= 0.3 is 0 Å². The molecule has 5 N–H and O–H groups in total. The Morgan fingerprint density at radius 1 is 1.42 bits per heavy atom. The zero-order chi connectivity index (χ0) is 18.5. The van der Waals surface area contributed by atoms with Gasteiger partial charge in [0.25, 0.3) is 0 Å². The molecule has 5 atom stereocenters. The zero-order valence-electron chi connectivity index (χ0n) is 13.6. The third-order valence-corrected chi connectivity index (χ3v) is 6.62. The molecule has 1 unspecified atom stereocenters. The van der Waals surface area contributed by atoms with Gasteiger partial charge in [-0.05, 0) is 28.7 Å². The SMILES string of the molecule is NC1(Cc2cc(I)cs2)N=CN=C2C1=NCN2[C@@H]1O[C@H](CO)[C@@H](O)[C@H]1O. The van der Waals surface area contributed by atoms with Gasteiger partial charge in [-0.3, -0.25) is 4.99 Å². The molecule has 0 aromatic carbocycles. The highest BCUT2D eigenvalue weighted by atomic mass is 127. The van der Waals surface area contributed by atoms with E-state index in [1.54, 1.807) is 16.2 Å². The molecule has 1 aromatic heterocycles. The molecule has 3 aliphatic rings. The van der Waals surface area contributed by atoms with E-state index >= 15 is 0 Å². The van der Waals surface area contributed by atoms with Crippen molar-refractivity contribution < 1.29 is 20.1 Å². The van der Waals surface area contributed by atoms with Crippen LogP contribution in [0.15, 0.2) is 26.4 Å². The van der Waals surface area contributed by atoms with Crippen LogP contribution in [0.1, 0.15) is 4.88 Å². The van der Waals surface area contributed by atoms with Crippen LogP contribution in [0.3, 0.4) is 0 Å². The van der Waals surface area contributed by atoms with E-state index in [2.05, 4.69) is 43.6 Å². The molecular formula is C15H18IN5O4S. The van der Waals surface area contributed by atoms with Gasteiger partial charge in [0.15, 0.2) is 17.7 Å². The van der Waals surface area contributed by atoms with E-state index in [1.165, 1.54) is 6.34 Å². The number of ether oxygens (including phenoxy) is 1. The Labute approximate surface area is 167 Å². The largest absolute Gasteiger partial charge is 0.394 e. The van der Waals surface area contributed by atoms with Gasteiger partial charge in [0.2, 0.25) is 0 Å². The number of hydrogen-bond donors (Lipinski definition) is 4. The number of aliphatic hydroxyl groups excluding tert-OH is 3. The Kier molecular flexibility index (Phi) is 4.88. The zero-order valence-corrected chi connectivity index (χ0v) is 16.5. The number of nitrogens with two attached hydrogens (primary N) is 1. The lowest BCUT2D eigenvalue weighted by atomic mass is 9.98. The predicted octanol–water partition coefficient (Wildman–Crippen LogP) is -0.856. The summed E-state index contributed by atoms with van der Waals surface area (Å²) in [6, 6.07) is 2.06. The molecule has 0 spiro atoms. The monoisotopic (exact) mass is 491 g/mol. The number of aliphatic hydroxyl groups is 3. The van der Waals surface area contributed by atoms with Crippen molar-refractivity contribution in [3.63, 3.8) is 0 Å². The van der Waals surface area contributed by atoms with Gasteiger partial charge in [0.05, 0.1) is 6.61 Å². The first-order valence-electron chi connectivity index (χ1n) is 8.00. The number of fused-ring (bicyclic) bond motifs is 1. The summed E-state index contributed by atoms with van der Waals surface area (Å²) in [5.41, 5.74) is 6.02. The van der Waals surface area contributed by atoms with Crippen LogP contribution in [0, 0.1) is 3.57 Å². The summed E-state index contributed by atoms with van der Waals surface area (Å²) >= 11 is 3.86. The maximum absolute atomic E-state index is 10.3. The van der Waals surface area contributed by atoms with Crippen LogP contribution >= 0.6 is 33.9 Å². The minimum atomic E-state index is -1.19. The van der Waals surface area contributed by atoms with E-state index in [-0.39, 0.29) is 13.3 Å². The fourth-order valence-corrected chi connectivity index (χ4v) is 5.11. The van der Waals surface area contributed by atoms with Gasteiger partial charge < -0.3 is 30.7 Å². The summed E-state index contributed by atoms with van der Waals surface area (Å²) in [6.45, 7) is -0.201. The number of rotatable bonds is 4. The first kappa shape index (κ1) is 18.4. The van der Waals surface area contributed by atoms with Crippen LogP contribution in [0.5, 0.6) is 0 Å². The highest BCUT2D eigenvalue weighted by Gasteiger charge is 2.50. The topological polar surface area (TPSA) is 136 Å². The molecule has 9 nitrogen and oxygen atoms in total. The molecule has 26 heavy (non-hydrogen) atoms. The summed E-state index contributed by atoms with van der Waals surface area (Å²) in [7, 11) is 0. The van der Waals surface area contributed by atoms with Crippen LogP contribution < -0.4 is 5.73 Å². The molecule has 0 saturated carbocycles. The fourth-order valence-electron chi connectivity index (χ4n) is 3.31. The average Bonchev–Trinajstić information content (AvgIpc) is 3.28. The van der Waals surface area contributed by atoms with Gasteiger partial charge in [-0.2, -0.15) is 0 Å². The molecule has 140 valence electrons. The summed E-state index contributed by atoms with van der Waals surface area (Å²) in [4.78, 5) is 15.9.